The number of hydrogen-bond acceptors (Lipinski definition) is 6. The highest BCUT2D eigenvalue weighted by molar-refractivity contribution is 7.89. The highest BCUT2D eigenvalue weighted by Gasteiger charge is 2.40. The highest BCUT2D eigenvalue weighted by Crippen LogP contribution is 2.31. The van der Waals surface area contributed by atoms with Crippen molar-refractivity contribution in [3.8, 4) is 5.75 Å². The van der Waals surface area contributed by atoms with E-state index in [1.54, 1.807) is 30.6 Å². The predicted octanol–water partition coefficient (Wildman–Crippen LogP) is 5.04. The maximum atomic E-state index is 14.2. The smallest absolute Gasteiger partial charge is 0.277 e. The molecule has 0 bridgehead atoms. The molecule has 4 aromatic rings. The van der Waals surface area contributed by atoms with Crippen LogP contribution >= 0.6 is 0 Å². The van der Waals surface area contributed by atoms with E-state index in [-0.39, 0.29) is 42.5 Å². The zero-order valence-electron chi connectivity index (χ0n) is 19.8. The number of aryl methyl sites for hydroxylation is 1. The van der Waals surface area contributed by atoms with Gasteiger partial charge in [0.05, 0.1) is 6.04 Å². The standard InChI is InChI=1S/C27H24F2N2O5S/c28-21-4-6-26-20(14-21)15-27(36-26)37(33,34)31-11-1-2-24(31)25(32)5-3-19-12-22(29)16-23(13-19)35-17-18-7-9-30-10-8-18/h4,6-10,12-16,24H,1-3,5,11,17H2/t24-/m0/s1. The quantitative estimate of drug-likeness (QED) is 0.304. The Morgan fingerprint density at radius 3 is 2.65 bits per heavy atom. The first-order valence-electron chi connectivity index (χ1n) is 11.8. The molecule has 5 rings (SSSR count). The summed E-state index contributed by atoms with van der Waals surface area (Å²) in [5.41, 5.74) is 1.70. The second-order valence-corrected chi connectivity index (χ2v) is 10.7. The van der Waals surface area contributed by atoms with E-state index < -0.39 is 27.7 Å². The van der Waals surface area contributed by atoms with Crippen molar-refractivity contribution in [1.29, 1.82) is 0 Å². The van der Waals surface area contributed by atoms with Crippen molar-refractivity contribution in [3.05, 3.63) is 89.8 Å². The minimum Gasteiger partial charge on any atom is -0.489 e. The van der Waals surface area contributed by atoms with E-state index >= 15 is 0 Å². The second-order valence-electron chi connectivity index (χ2n) is 8.93. The van der Waals surface area contributed by atoms with Gasteiger partial charge in [-0.25, -0.2) is 17.2 Å². The maximum Gasteiger partial charge on any atom is 0.277 e. The number of furan rings is 1. The Morgan fingerprint density at radius 1 is 1.03 bits per heavy atom. The predicted molar refractivity (Wildman–Crippen MR) is 131 cm³/mol. The number of aromatic nitrogens is 1. The first-order chi connectivity index (χ1) is 17.8. The van der Waals surface area contributed by atoms with Crippen molar-refractivity contribution in [2.45, 2.75) is 43.4 Å². The molecule has 1 saturated heterocycles. The summed E-state index contributed by atoms with van der Waals surface area (Å²) in [7, 11) is -4.10. The Bertz CT molecular complexity index is 1540. The van der Waals surface area contributed by atoms with Crippen LogP contribution in [0.2, 0.25) is 0 Å². The largest absolute Gasteiger partial charge is 0.489 e. The molecular weight excluding hydrogens is 502 g/mol. The summed E-state index contributed by atoms with van der Waals surface area (Å²) >= 11 is 0. The number of nitrogens with zero attached hydrogens (tertiary/aromatic N) is 2. The topological polar surface area (TPSA) is 89.7 Å². The van der Waals surface area contributed by atoms with Gasteiger partial charge in [-0.05, 0) is 72.9 Å². The normalized spacial score (nSPS) is 16.3. The van der Waals surface area contributed by atoms with E-state index in [1.807, 2.05) is 0 Å². The van der Waals surface area contributed by atoms with Crippen LogP contribution in [0.1, 0.15) is 30.4 Å². The number of sulfonamides is 1. The van der Waals surface area contributed by atoms with Gasteiger partial charge in [-0.1, -0.05) is 0 Å². The van der Waals surface area contributed by atoms with Crippen LogP contribution < -0.4 is 4.74 Å². The summed E-state index contributed by atoms with van der Waals surface area (Å²) in [4.78, 5) is 17.0. The maximum absolute atomic E-state index is 14.2. The van der Waals surface area contributed by atoms with Crippen LogP contribution in [0.15, 0.2) is 76.5 Å². The lowest BCUT2D eigenvalue weighted by atomic mass is 10.0. The molecule has 0 aliphatic carbocycles. The molecule has 0 radical (unpaired) electrons. The summed E-state index contributed by atoms with van der Waals surface area (Å²) in [6, 6.07) is 12.1. The number of halogens is 2. The van der Waals surface area contributed by atoms with Crippen molar-refractivity contribution in [2.75, 3.05) is 6.54 Å². The number of rotatable bonds is 9. The molecule has 1 aliphatic heterocycles. The van der Waals surface area contributed by atoms with E-state index in [0.29, 0.717) is 29.5 Å². The van der Waals surface area contributed by atoms with Gasteiger partial charge in [0.15, 0.2) is 5.78 Å². The van der Waals surface area contributed by atoms with Gasteiger partial charge >= 0.3 is 0 Å². The minimum absolute atomic E-state index is 0.0370. The molecule has 0 saturated carbocycles. The van der Waals surface area contributed by atoms with Crippen molar-refractivity contribution in [1.82, 2.24) is 9.29 Å². The summed E-state index contributed by atoms with van der Waals surface area (Å²) in [6.07, 6.45) is 4.46. The van der Waals surface area contributed by atoms with Crippen LogP contribution in [-0.2, 0) is 27.8 Å². The molecule has 192 valence electrons. The number of pyridine rings is 1. The molecule has 7 nitrogen and oxygen atoms in total. The van der Waals surface area contributed by atoms with Crippen LogP contribution in [0.3, 0.4) is 0 Å². The molecule has 1 atom stereocenters. The number of Topliss-reactive ketones (excluding diaryl/α,β-unsaturated/α-hetero) is 1. The van der Waals surface area contributed by atoms with Crippen molar-refractivity contribution in [2.24, 2.45) is 0 Å². The monoisotopic (exact) mass is 526 g/mol. The molecule has 1 aliphatic rings. The van der Waals surface area contributed by atoms with Gasteiger partial charge < -0.3 is 9.15 Å². The van der Waals surface area contributed by atoms with E-state index in [0.717, 1.165) is 9.87 Å². The van der Waals surface area contributed by atoms with Crippen LogP contribution in [-0.4, -0.2) is 36.1 Å². The second kappa shape index (κ2) is 10.4. The number of fused-ring (bicyclic) bond motifs is 1. The number of hydrogen-bond donors (Lipinski definition) is 0. The van der Waals surface area contributed by atoms with Crippen LogP contribution in [0.5, 0.6) is 5.75 Å². The van der Waals surface area contributed by atoms with Gasteiger partial charge in [-0.2, -0.15) is 4.31 Å². The summed E-state index contributed by atoms with van der Waals surface area (Å²) < 4.78 is 66.6. The van der Waals surface area contributed by atoms with Gasteiger partial charge in [0.1, 0.15) is 29.6 Å². The number of carbonyl (C=O) groups is 1. The van der Waals surface area contributed by atoms with Crippen molar-refractivity contribution >= 4 is 26.8 Å². The zero-order chi connectivity index (χ0) is 26.0. The average molecular weight is 527 g/mol. The minimum atomic E-state index is -4.10. The number of ether oxygens (including phenoxy) is 1. The fraction of sp³-hybridized carbons (Fsp3) is 0.259. The number of carbonyl (C=O) groups excluding carboxylic acids is 1. The summed E-state index contributed by atoms with van der Waals surface area (Å²) in [5, 5.41) is 0.00243. The van der Waals surface area contributed by atoms with E-state index in [2.05, 4.69) is 4.98 Å². The van der Waals surface area contributed by atoms with E-state index in [4.69, 9.17) is 9.15 Å². The Labute approximate surface area is 212 Å². The lowest BCUT2D eigenvalue weighted by Crippen LogP contribution is -2.40. The van der Waals surface area contributed by atoms with Gasteiger partial charge in [0.25, 0.3) is 10.0 Å². The number of ketones is 1. The first-order valence-corrected chi connectivity index (χ1v) is 13.3. The van der Waals surface area contributed by atoms with Gasteiger partial charge in [-0.3, -0.25) is 9.78 Å². The Balaban J connectivity index is 1.26. The van der Waals surface area contributed by atoms with Crippen LogP contribution in [0.25, 0.3) is 11.0 Å². The third-order valence-corrected chi connectivity index (χ3v) is 8.10. The zero-order valence-corrected chi connectivity index (χ0v) is 20.6. The molecule has 2 aromatic heterocycles. The first kappa shape index (κ1) is 25.0. The third-order valence-electron chi connectivity index (χ3n) is 6.34. The van der Waals surface area contributed by atoms with E-state index in [1.165, 1.54) is 36.4 Å². The Kier molecular flexibility index (Phi) is 7.03. The van der Waals surface area contributed by atoms with Crippen molar-refractivity contribution < 1.29 is 31.1 Å². The molecule has 0 N–H and O–H groups in total. The molecule has 0 unspecified atom stereocenters. The lowest BCUT2D eigenvalue weighted by molar-refractivity contribution is -0.122. The molecule has 3 heterocycles. The van der Waals surface area contributed by atoms with Crippen LogP contribution in [0.4, 0.5) is 8.78 Å². The fourth-order valence-electron chi connectivity index (χ4n) is 4.51. The molecule has 37 heavy (non-hydrogen) atoms. The van der Waals surface area contributed by atoms with Gasteiger partial charge in [0.2, 0.25) is 5.09 Å². The number of benzene rings is 2. The molecule has 1 fully saturated rings. The van der Waals surface area contributed by atoms with Crippen molar-refractivity contribution in [3.63, 3.8) is 0 Å². The van der Waals surface area contributed by atoms with Gasteiger partial charge in [0, 0.05) is 42.9 Å². The molecule has 10 heteroatoms. The Morgan fingerprint density at radius 2 is 1.84 bits per heavy atom. The molecular formula is C27H24F2N2O5S. The van der Waals surface area contributed by atoms with E-state index in [9.17, 15) is 22.0 Å². The van der Waals surface area contributed by atoms with Crippen LogP contribution in [0, 0.1) is 11.6 Å². The highest BCUT2D eigenvalue weighted by atomic mass is 32.2. The molecule has 2 aromatic carbocycles. The molecule has 0 amide bonds. The Hall–Kier alpha value is -3.63. The SMILES string of the molecule is O=C(CCc1cc(F)cc(OCc2ccncc2)c1)[C@@H]1CCCN1S(=O)(=O)c1cc2cc(F)ccc2o1. The molecule has 0 spiro atoms. The fourth-order valence-corrected chi connectivity index (χ4v) is 6.14. The summed E-state index contributed by atoms with van der Waals surface area (Å²) in [6.45, 7) is 0.421. The van der Waals surface area contributed by atoms with Gasteiger partial charge in [-0.15, -0.1) is 0 Å². The summed E-state index contributed by atoms with van der Waals surface area (Å²) in [5.74, 6) is -0.909. The lowest BCUT2D eigenvalue weighted by Gasteiger charge is -2.21. The average Bonchev–Trinajstić information content (AvgIpc) is 3.55. The third kappa shape index (κ3) is 5.55.